The van der Waals surface area contributed by atoms with E-state index in [-0.39, 0.29) is 11.8 Å². The van der Waals surface area contributed by atoms with E-state index in [1.807, 2.05) is 62.4 Å². The number of rotatable bonds is 10. The first kappa shape index (κ1) is 23.3. The van der Waals surface area contributed by atoms with Crippen LogP contribution in [0, 0.1) is 6.92 Å². The number of halogens is 1. The summed E-state index contributed by atoms with van der Waals surface area (Å²) in [5.74, 6) is 0.512. The quantitative estimate of drug-likeness (QED) is 0.533. The van der Waals surface area contributed by atoms with Gasteiger partial charge in [0.1, 0.15) is 6.04 Å². The van der Waals surface area contributed by atoms with Crippen molar-refractivity contribution in [3.05, 3.63) is 64.7 Å². The van der Waals surface area contributed by atoms with E-state index in [4.69, 9.17) is 11.6 Å². The van der Waals surface area contributed by atoms with Gasteiger partial charge in [0.25, 0.3) is 0 Å². The van der Waals surface area contributed by atoms with Gasteiger partial charge in [-0.15, -0.1) is 11.8 Å². The van der Waals surface area contributed by atoms with Crippen molar-refractivity contribution in [3.63, 3.8) is 0 Å². The van der Waals surface area contributed by atoms with Gasteiger partial charge in [0.15, 0.2) is 0 Å². The van der Waals surface area contributed by atoms with Crippen molar-refractivity contribution in [2.24, 2.45) is 0 Å². The van der Waals surface area contributed by atoms with Crippen molar-refractivity contribution < 1.29 is 9.59 Å². The molecule has 0 radical (unpaired) electrons. The highest BCUT2D eigenvalue weighted by atomic mass is 35.5. The molecule has 0 aliphatic heterocycles. The van der Waals surface area contributed by atoms with Gasteiger partial charge in [-0.2, -0.15) is 0 Å². The number of benzene rings is 2. The Morgan fingerprint density at radius 1 is 1.10 bits per heavy atom. The summed E-state index contributed by atoms with van der Waals surface area (Å²) in [4.78, 5) is 28.2. The van der Waals surface area contributed by atoms with Gasteiger partial charge in [0.2, 0.25) is 11.8 Å². The summed E-state index contributed by atoms with van der Waals surface area (Å²) in [6.07, 6.45) is 1.23. The first-order chi connectivity index (χ1) is 13.9. The van der Waals surface area contributed by atoms with Crippen molar-refractivity contribution >= 4 is 35.2 Å². The lowest BCUT2D eigenvalue weighted by atomic mass is 10.1. The Bertz CT molecular complexity index is 794. The lowest BCUT2D eigenvalue weighted by Gasteiger charge is -2.29. The first-order valence-electron chi connectivity index (χ1n) is 9.91. The van der Waals surface area contributed by atoms with Crippen LogP contribution in [0.3, 0.4) is 0 Å². The summed E-state index contributed by atoms with van der Waals surface area (Å²) in [7, 11) is 0. The second-order valence-corrected chi connectivity index (χ2v) is 8.63. The van der Waals surface area contributed by atoms with E-state index in [1.54, 1.807) is 23.6 Å². The predicted octanol–water partition coefficient (Wildman–Crippen LogP) is 5.07. The Kier molecular flexibility index (Phi) is 9.55. The number of carbonyl (C=O) groups excluding carboxylic acids is 2. The monoisotopic (exact) mass is 432 g/mol. The Morgan fingerprint density at radius 2 is 1.76 bits per heavy atom. The van der Waals surface area contributed by atoms with E-state index in [0.717, 1.165) is 16.9 Å². The van der Waals surface area contributed by atoms with E-state index in [9.17, 15) is 9.59 Å². The SMILES string of the molecule is CCCNC(=O)[C@@H](C)N(Cc1ccc(C)cc1)C(=O)CCSc1ccc(Cl)cc1. The van der Waals surface area contributed by atoms with Gasteiger partial charge < -0.3 is 10.2 Å². The smallest absolute Gasteiger partial charge is 0.242 e. The van der Waals surface area contributed by atoms with Crippen LogP contribution >= 0.6 is 23.4 Å². The highest BCUT2D eigenvalue weighted by molar-refractivity contribution is 7.99. The Balaban J connectivity index is 2.03. The molecule has 0 unspecified atom stereocenters. The Labute approximate surface area is 183 Å². The fraction of sp³-hybridized carbons (Fsp3) is 0.391. The maximum atomic E-state index is 13.0. The molecule has 156 valence electrons. The van der Waals surface area contributed by atoms with Crippen LogP contribution in [0.1, 0.15) is 37.8 Å². The molecule has 0 aromatic heterocycles. The fourth-order valence-electron chi connectivity index (χ4n) is 2.80. The van der Waals surface area contributed by atoms with Crippen LogP contribution in [0.2, 0.25) is 5.02 Å². The van der Waals surface area contributed by atoms with Gasteiger partial charge in [0.05, 0.1) is 0 Å². The number of aryl methyl sites for hydroxylation is 1. The second-order valence-electron chi connectivity index (χ2n) is 7.03. The van der Waals surface area contributed by atoms with Gasteiger partial charge in [-0.25, -0.2) is 0 Å². The lowest BCUT2D eigenvalue weighted by Crippen LogP contribution is -2.47. The third-order valence-corrected chi connectivity index (χ3v) is 5.85. The van der Waals surface area contributed by atoms with Crippen LogP contribution in [0.5, 0.6) is 0 Å². The molecule has 0 bridgehead atoms. The molecule has 2 amide bonds. The molecule has 2 rings (SSSR count). The van der Waals surface area contributed by atoms with Crippen molar-refractivity contribution in [2.75, 3.05) is 12.3 Å². The number of nitrogens with one attached hydrogen (secondary N) is 1. The van der Waals surface area contributed by atoms with Gasteiger partial charge in [-0.05, 0) is 50.1 Å². The molecule has 2 aromatic carbocycles. The normalized spacial score (nSPS) is 11.7. The van der Waals surface area contributed by atoms with Crippen LogP contribution in [0.4, 0.5) is 0 Å². The topological polar surface area (TPSA) is 49.4 Å². The Morgan fingerprint density at radius 3 is 2.38 bits per heavy atom. The second kappa shape index (κ2) is 11.9. The van der Waals surface area contributed by atoms with E-state index in [2.05, 4.69) is 5.32 Å². The summed E-state index contributed by atoms with van der Waals surface area (Å²) < 4.78 is 0. The fourth-order valence-corrected chi connectivity index (χ4v) is 3.77. The molecular weight excluding hydrogens is 404 g/mol. The summed E-state index contributed by atoms with van der Waals surface area (Å²) in [5, 5.41) is 3.59. The zero-order valence-electron chi connectivity index (χ0n) is 17.3. The maximum absolute atomic E-state index is 13.0. The van der Waals surface area contributed by atoms with Gasteiger partial charge in [0, 0.05) is 35.2 Å². The average Bonchev–Trinajstić information content (AvgIpc) is 2.72. The predicted molar refractivity (Wildman–Crippen MR) is 121 cm³/mol. The third kappa shape index (κ3) is 7.75. The highest BCUT2D eigenvalue weighted by Crippen LogP contribution is 2.22. The van der Waals surface area contributed by atoms with Crippen LogP contribution in [-0.4, -0.2) is 35.1 Å². The molecule has 0 saturated carbocycles. The largest absolute Gasteiger partial charge is 0.354 e. The molecule has 1 atom stereocenters. The molecule has 4 nitrogen and oxygen atoms in total. The summed E-state index contributed by atoms with van der Waals surface area (Å²) in [5.41, 5.74) is 2.18. The van der Waals surface area contributed by atoms with Crippen LogP contribution in [0.15, 0.2) is 53.4 Å². The molecule has 0 spiro atoms. The van der Waals surface area contributed by atoms with Crippen molar-refractivity contribution in [2.45, 2.75) is 51.1 Å². The lowest BCUT2D eigenvalue weighted by molar-refractivity contribution is -0.140. The molecular formula is C23H29ClN2O2S. The minimum Gasteiger partial charge on any atom is -0.354 e. The van der Waals surface area contributed by atoms with Crippen LogP contribution in [0.25, 0.3) is 0 Å². The molecule has 0 aliphatic carbocycles. The van der Waals surface area contributed by atoms with Gasteiger partial charge in [-0.3, -0.25) is 9.59 Å². The number of hydrogen-bond donors (Lipinski definition) is 1. The number of thioether (sulfide) groups is 1. The standard InChI is InChI=1S/C23H29ClN2O2S/c1-4-14-25-23(28)18(3)26(16-19-7-5-17(2)6-8-19)22(27)13-15-29-21-11-9-20(24)10-12-21/h5-12,18H,4,13-16H2,1-3H3,(H,25,28)/t18-/m1/s1. The van der Waals surface area contributed by atoms with Gasteiger partial charge in [-0.1, -0.05) is 48.4 Å². The molecule has 0 aliphatic rings. The Hall–Kier alpha value is -1.98. The maximum Gasteiger partial charge on any atom is 0.242 e. The minimum absolute atomic E-state index is 0.0220. The molecule has 6 heteroatoms. The summed E-state index contributed by atoms with van der Waals surface area (Å²) in [6, 6.07) is 15.1. The zero-order chi connectivity index (χ0) is 21.2. The third-order valence-electron chi connectivity index (χ3n) is 4.59. The number of amides is 2. The zero-order valence-corrected chi connectivity index (χ0v) is 18.9. The minimum atomic E-state index is -0.518. The van der Waals surface area contributed by atoms with E-state index in [0.29, 0.717) is 30.3 Å². The molecule has 0 heterocycles. The highest BCUT2D eigenvalue weighted by Gasteiger charge is 2.25. The van der Waals surface area contributed by atoms with E-state index in [1.165, 1.54) is 5.56 Å². The van der Waals surface area contributed by atoms with Crippen LogP contribution < -0.4 is 5.32 Å². The molecule has 0 saturated heterocycles. The summed E-state index contributed by atoms with van der Waals surface area (Å²) in [6.45, 7) is 6.87. The molecule has 1 N–H and O–H groups in total. The van der Waals surface area contributed by atoms with Gasteiger partial charge >= 0.3 is 0 Å². The molecule has 29 heavy (non-hydrogen) atoms. The molecule has 2 aromatic rings. The van der Waals surface area contributed by atoms with Crippen molar-refractivity contribution in [1.82, 2.24) is 10.2 Å². The number of nitrogens with zero attached hydrogens (tertiary/aromatic N) is 1. The summed E-state index contributed by atoms with van der Waals surface area (Å²) >= 11 is 7.53. The number of carbonyl (C=O) groups is 2. The average molecular weight is 433 g/mol. The van der Waals surface area contributed by atoms with Crippen molar-refractivity contribution in [3.8, 4) is 0 Å². The number of hydrogen-bond acceptors (Lipinski definition) is 3. The first-order valence-corrected chi connectivity index (χ1v) is 11.3. The van der Waals surface area contributed by atoms with E-state index >= 15 is 0 Å². The van der Waals surface area contributed by atoms with Crippen LogP contribution in [-0.2, 0) is 16.1 Å². The molecule has 0 fully saturated rings. The van der Waals surface area contributed by atoms with Crippen molar-refractivity contribution in [1.29, 1.82) is 0 Å². The van der Waals surface area contributed by atoms with E-state index < -0.39 is 6.04 Å².